The van der Waals surface area contributed by atoms with Crippen LogP contribution in [-0.2, 0) is 0 Å². The second-order valence-corrected chi connectivity index (χ2v) is 5.73. The first-order valence-electron chi connectivity index (χ1n) is 5.61. The van der Waals surface area contributed by atoms with E-state index in [-0.39, 0.29) is 6.61 Å². The molecule has 4 nitrogen and oxygen atoms in total. The fourth-order valence-corrected chi connectivity index (χ4v) is 2.92. The fourth-order valence-electron chi connectivity index (χ4n) is 1.53. The topological polar surface area (TPSA) is 49.2 Å². The number of aliphatic hydroxyl groups is 1. The molecule has 96 valence electrons. The standard InChI is InChI=1S/C12H14BrN3OS/c1-16(5-2-6-17)12-4-3-10(14-15-12)11-7-9(13)8-18-11/h3-4,7-8,17H,2,5-6H2,1H3. The van der Waals surface area contributed by atoms with Crippen molar-refractivity contribution in [2.45, 2.75) is 6.42 Å². The highest BCUT2D eigenvalue weighted by Gasteiger charge is 2.06. The Morgan fingerprint density at radius 3 is 2.78 bits per heavy atom. The fraction of sp³-hybridized carbons (Fsp3) is 0.333. The largest absolute Gasteiger partial charge is 0.396 e. The third kappa shape index (κ3) is 3.28. The van der Waals surface area contributed by atoms with Gasteiger partial charge in [0.25, 0.3) is 0 Å². The van der Waals surface area contributed by atoms with Crippen LogP contribution in [0.1, 0.15) is 6.42 Å². The van der Waals surface area contributed by atoms with Gasteiger partial charge in [0.1, 0.15) is 5.69 Å². The number of thiophene rings is 1. The summed E-state index contributed by atoms with van der Waals surface area (Å²) in [6.07, 6.45) is 0.734. The van der Waals surface area contributed by atoms with Gasteiger partial charge < -0.3 is 10.0 Å². The van der Waals surface area contributed by atoms with Crippen molar-refractivity contribution in [3.63, 3.8) is 0 Å². The van der Waals surface area contributed by atoms with Gasteiger partial charge in [-0.3, -0.25) is 0 Å². The molecule has 1 N–H and O–H groups in total. The van der Waals surface area contributed by atoms with Gasteiger partial charge in [0.05, 0.1) is 4.88 Å². The Morgan fingerprint density at radius 1 is 1.39 bits per heavy atom. The number of aromatic nitrogens is 2. The van der Waals surface area contributed by atoms with E-state index in [0.717, 1.165) is 33.8 Å². The van der Waals surface area contributed by atoms with Gasteiger partial charge in [0.15, 0.2) is 5.82 Å². The number of aliphatic hydroxyl groups excluding tert-OH is 1. The molecule has 18 heavy (non-hydrogen) atoms. The Morgan fingerprint density at radius 2 is 2.22 bits per heavy atom. The van der Waals surface area contributed by atoms with Gasteiger partial charge in [0.2, 0.25) is 0 Å². The van der Waals surface area contributed by atoms with Crippen molar-refractivity contribution in [2.24, 2.45) is 0 Å². The molecule has 0 unspecified atom stereocenters. The van der Waals surface area contributed by atoms with Gasteiger partial charge in [-0.1, -0.05) is 0 Å². The highest BCUT2D eigenvalue weighted by atomic mass is 79.9. The summed E-state index contributed by atoms with van der Waals surface area (Å²) < 4.78 is 1.06. The van der Waals surface area contributed by atoms with E-state index in [1.807, 2.05) is 35.5 Å². The summed E-state index contributed by atoms with van der Waals surface area (Å²) in [6.45, 7) is 0.966. The Balaban J connectivity index is 2.10. The molecule has 0 aliphatic carbocycles. The van der Waals surface area contributed by atoms with Gasteiger partial charge in [-0.15, -0.1) is 21.5 Å². The molecule has 0 radical (unpaired) electrons. The van der Waals surface area contributed by atoms with Crippen LogP contribution in [0, 0.1) is 0 Å². The predicted octanol–water partition coefficient (Wildman–Crippen LogP) is 2.79. The van der Waals surface area contributed by atoms with E-state index < -0.39 is 0 Å². The lowest BCUT2D eigenvalue weighted by molar-refractivity contribution is 0.290. The van der Waals surface area contributed by atoms with Gasteiger partial charge in [-0.2, -0.15) is 0 Å². The molecule has 0 aliphatic rings. The summed E-state index contributed by atoms with van der Waals surface area (Å²) in [6, 6.07) is 5.95. The molecule has 2 aromatic heterocycles. The van der Waals surface area contributed by atoms with E-state index in [4.69, 9.17) is 5.11 Å². The Hall–Kier alpha value is -0.980. The quantitative estimate of drug-likeness (QED) is 0.917. The van der Waals surface area contributed by atoms with Crippen molar-refractivity contribution in [1.29, 1.82) is 0 Å². The first-order chi connectivity index (χ1) is 8.70. The van der Waals surface area contributed by atoms with Crippen LogP contribution in [0.25, 0.3) is 10.6 Å². The van der Waals surface area contributed by atoms with Crippen LogP contribution in [-0.4, -0.2) is 35.5 Å². The zero-order valence-corrected chi connectivity index (χ0v) is 12.4. The van der Waals surface area contributed by atoms with Gasteiger partial charge >= 0.3 is 0 Å². The highest BCUT2D eigenvalue weighted by molar-refractivity contribution is 9.10. The molecule has 0 atom stereocenters. The van der Waals surface area contributed by atoms with Crippen LogP contribution in [0.3, 0.4) is 0 Å². The van der Waals surface area contributed by atoms with Crippen LogP contribution >= 0.6 is 27.3 Å². The molecule has 0 bridgehead atoms. The first-order valence-corrected chi connectivity index (χ1v) is 7.28. The molecular formula is C12H14BrN3OS. The van der Waals surface area contributed by atoms with Crippen LogP contribution in [0.15, 0.2) is 28.1 Å². The monoisotopic (exact) mass is 327 g/mol. The van der Waals surface area contributed by atoms with E-state index in [2.05, 4.69) is 26.1 Å². The number of anilines is 1. The minimum absolute atomic E-state index is 0.194. The minimum Gasteiger partial charge on any atom is -0.396 e. The van der Waals surface area contributed by atoms with Gasteiger partial charge in [0, 0.05) is 30.1 Å². The molecule has 0 aliphatic heterocycles. The number of halogens is 1. The molecule has 0 aromatic carbocycles. The van der Waals surface area contributed by atoms with E-state index in [1.54, 1.807) is 11.3 Å². The average molecular weight is 328 g/mol. The van der Waals surface area contributed by atoms with E-state index in [9.17, 15) is 0 Å². The van der Waals surface area contributed by atoms with Gasteiger partial charge in [-0.25, -0.2) is 0 Å². The maximum absolute atomic E-state index is 8.79. The first kappa shape index (κ1) is 13.5. The summed E-state index contributed by atoms with van der Waals surface area (Å²) in [7, 11) is 1.95. The normalized spacial score (nSPS) is 10.6. The number of rotatable bonds is 5. The van der Waals surface area contributed by atoms with Gasteiger partial charge in [-0.05, 0) is 40.5 Å². The lowest BCUT2D eigenvalue weighted by Gasteiger charge is -2.16. The smallest absolute Gasteiger partial charge is 0.151 e. The lowest BCUT2D eigenvalue weighted by atomic mass is 10.3. The Bertz CT molecular complexity index is 500. The molecule has 2 heterocycles. The van der Waals surface area contributed by atoms with E-state index >= 15 is 0 Å². The van der Waals surface area contributed by atoms with Crippen LogP contribution in [0.2, 0.25) is 0 Å². The summed E-state index contributed by atoms with van der Waals surface area (Å²) in [5.74, 6) is 0.822. The van der Waals surface area contributed by atoms with Crippen LogP contribution in [0.5, 0.6) is 0 Å². The predicted molar refractivity (Wildman–Crippen MR) is 78.0 cm³/mol. The third-order valence-corrected chi connectivity index (χ3v) is 4.23. The second-order valence-electron chi connectivity index (χ2n) is 3.90. The molecule has 2 rings (SSSR count). The van der Waals surface area contributed by atoms with Crippen molar-refractivity contribution in [2.75, 3.05) is 25.1 Å². The lowest BCUT2D eigenvalue weighted by Crippen LogP contribution is -2.20. The van der Waals surface area contributed by atoms with E-state index in [1.165, 1.54) is 0 Å². The third-order valence-electron chi connectivity index (χ3n) is 2.51. The zero-order chi connectivity index (χ0) is 13.0. The molecule has 2 aromatic rings. The van der Waals surface area contributed by atoms with E-state index in [0.29, 0.717) is 0 Å². The summed E-state index contributed by atoms with van der Waals surface area (Å²) in [4.78, 5) is 3.08. The van der Waals surface area contributed by atoms with Crippen LogP contribution < -0.4 is 4.90 Å². The average Bonchev–Trinajstić information content (AvgIpc) is 2.83. The number of hydrogen-bond acceptors (Lipinski definition) is 5. The summed E-state index contributed by atoms with van der Waals surface area (Å²) >= 11 is 5.06. The van der Waals surface area contributed by atoms with Crippen molar-refractivity contribution in [1.82, 2.24) is 10.2 Å². The maximum atomic E-state index is 8.79. The van der Waals surface area contributed by atoms with Crippen LogP contribution in [0.4, 0.5) is 5.82 Å². The minimum atomic E-state index is 0.194. The molecular weight excluding hydrogens is 314 g/mol. The molecule has 0 saturated heterocycles. The number of hydrogen-bond donors (Lipinski definition) is 1. The zero-order valence-electron chi connectivity index (χ0n) is 10.0. The Labute approximate surface area is 118 Å². The summed E-state index contributed by atoms with van der Waals surface area (Å²) in [5, 5.41) is 19.2. The maximum Gasteiger partial charge on any atom is 0.151 e. The van der Waals surface area contributed by atoms with Crippen molar-refractivity contribution in [3.8, 4) is 10.6 Å². The molecule has 6 heteroatoms. The SMILES string of the molecule is CN(CCCO)c1ccc(-c2cc(Br)cs2)nn1. The molecule has 0 amide bonds. The Kier molecular flexibility index (Phi) is 4.68. The molecule has 0 saturated carbocycles. The van der Waals surface area contributed by atoms with Crippen molar-refractivity contribution in [3.05, 3.63) is 28.1 Å². The second kappa shape index (κ2) is 6.26. The molecule has 0 spiro atoms. The number of nitrogens with zero attached hydrogens (tertiary/aromatic N) is 3. The van der Waals surface area contributed by atoms with Crippen molar-refractivity contribution >= 4 is 33.1 Å². The van der Waals surface area contributed by atoms with Crippen molar-refractivity contribution < 1.29 is 5.11 Å². The molecule has 0 fully saturated rings. The highest BCUT2D eigenvalue weighted by Crippen LogP contribution is 2.28. The summed E-state index contributed by atoms with van der Waals surface area (Å²) in [5.41, 5.74) is 0.880.